The maximum absolute atomic E-state index is 8.77. The van der Waals surface area contributed by atoms with Crippen molar-refractivity contribution in [3.63, 3.8) is 0 Å². The second-order valence-corrected chi connectivity index (χ2v) is 4.05. The van der Waals surface area contributed by atoms with Crippen LogP contribution in [0.5, 0.6) is 0 Å². The number of hydrogen-bond acceptors (Lipinski definition) is 4. The summed E-state index contributed by atoms with van der Waals surface area (Å²) in [5.41, 5.74) is 9.64. The molecule has 0 spiro atoms. The molecule has 0 aliphatic heterocycles. The zero-order valence-corrected chi connectivity index (χ0v) is 10.1. The van der Waals surface area contributed by atoms with E-state index in [9.17, 15) is 0 Å². The second-order valence-electron chi connectivity index (χ2n) is 4.05. The topological polar surface area (TPSA) is 71.2 Å². The van der Waals surface area contributed by atoms with Crippen molar-refractivity contribution in [2.45, 2.75) is 6.42 Å². The molecule has 0 bridgehead atoms. The van der Waals surface area contributed by atoms with Gasteiger partial charge in [0.2, 0.25) is 0 Å². The summed E-state index contributed by atoms with van der Waals surface area (Å²) in [5, 5.41) is 12.0. The van der Waals surface area contributed by atoms with Gasteiger partial charge in [-0.25, -0.2) is 0 Å². The smallest absolute Gasteiger partial charge is 0.0580 e. The molecule has 0 amide bonds. The molecule has 1 heterocycles. The Morgan fingerprint density at radius 3 is 2.83 bits per heavy atom. The number of nitrogens with two attached hydrogens (primary N) is 1. The van der Waals surface area contributed by atoms with Crippen LogP contribution in [-0.4, -0.2) is 23.2 Å². The third-order valence-corrected chi connectivity index (χ3v) is 2.70. The van der Waals surface area contributed by atoms with Crippen LogP contribution in [0.4, 0.5) is 11.4 Å². The van der Waals surface area contributed by atoms with Crippen molar-refractivity contribution in [2.75, 3.05) is 24.2 Å². The first-order valence-electron chi connectivity index (χ1n) is 5.96. The van der Waals surface area contributed by atoms with E-state index in [1.165, 1.54) is 0 Å². The van der Waals surface area contributed by atoms with E-state index >= 15 is 0 Å². The van der Waals surface area contributed by atoms with Crippen molar-refractivity contribution in [1.29, 1.82) is 0 Å². The number of rotatable bonds is 5. The summed E-state index contributed by atoms with van der Waals surface area (Å²) in [7, 11) is 0. The van der Waals surface area contributed by atoms with Crippen LogP contribution < -0.4 is 11.1 Å². The lowest BCUT2D eigenvalue weighted by Crippen LogP contribution is -2.05. The van der Waals surface area contributed by atoms with Gasteiger partial charge in [0, 0.05) is 31.1 Å². The van der Waals surface area contributed by atoms with Gasteiger partial charge in [-0.05, 0) is 30.2 Å². The lowest BCUT2D eigenvalue weighted by Gasteiger charge is -2.11. The van der Waals surface area contributed by atoms with E-state index in [-0.39, 0.29) is 6.61 Å². The fraction of sp³-hybridized carbons (Fsp3) is 0.214. The number of benzene rings is 1. The number of anilines is 2. The molecule has 1 aromatic heterocycles. The van der Waals surface area contributed by atoms with E-state index in [1.807, 2.05) is 36.5 Å². The first-order chi connectivity index (χ1) is 8.81. The van der Waals surface area contributed by atoms with Crippen molar-refractivity contribution < 1.29 is 5.11 Å². The highest BCUT2D eigenvalue weighted by Crippen LogP contribution is 2.26. The number of aromatic nitrogens is 1. The Bertz CT molecular complexity index is 500. The maximum atomic E-state index is 8.77. The largest absolute Gasteiger partial charge is 0.397 e. The van der Waals surface area contributed by atoms with Gasteiger partial charge in [-0.15, -0.1) is 0 Å². The van der Waals surface area contributed by atoms with Crippen molar-refractivity contribution in [2.24, 2.45) is 0 Å². The molecular formula is C14H17N3O. The van der Waals surface area contributed by atoms with E-state index in [4.69, 9.17) is 10.8 Å². The minimum atomic E-state index is 0.176. The molecule has 0 radical (unpaired) electrons. The molecule has 4 N–H and O–H groups in total. The van der Waals surface area contributed by atoms with Crippen LogP contribution in [0.25, 0.3) is 11.1 Å². The number of pyridine rings is 1. The summed E-state index contributed by atoms with van der Waals surface area (Å²) in [6.45, 7) is 0.881. The quantitative estimate of drug-likeness (QED) is 0.555. The van der Waals surface area contributed by atoms with Crippen LogP contribution >= 0.6 is 0 Å². The molecule has 0 saturated carbocycles. The molecule has 0 atom stereocenters. The van der Waals surface area contributed by atoms with Gasteiger partial charge in [0.15, 0.2) is 0 Å². The zero-order valence-electron chi connectivity index (χ0n) is 10.1. The Kier molecular flexibility index (Phi) is 4.15. The maximum Gasteiger partial charge on any atom is 0.0580 e. The third kappa shape index (κ3) is 2.99. The van der Waals surface area contributed by atoms with Gasteiger partial charge >= 0.3 is 0 Å². The van der Waals surface area contributed by atoms with Gasteiger partial charge in [-0.3, -0.25) is 4.98 Å². The first-order valence-corrected chi connectivity index (χ1v) is 5.96. The Hall–Kier alpha value is -2.07. The molecule has 1 aromatic carbocycles. The number of nitrogens with zero attached hydrogens (tertiary/aromatic N) is 1. The number of aliphatic hydroxyl groups is 1. The average Bonchev–Trinajstić information content (AvgIpc) is 2.42. The van der Waals surface area contributed by atoms with Crippen molar-refractivity contribution in [1.82, 2.24) is 4.98 Å². The van der Waals surface area contributed by atoms with Crippen LogP contribution in [-0.2, 0) is 0 Å². The fourth-order valence-corrected chi connectivity index (χ4v) is 1.72. The molecule has 0 unspecified atom stereocenters. The molecular weight excluding hydrogens is 226 g/mol. The van der Waals surface area contributed by atoms with Crippen LogP contribution in [0.3, 0.4) is 0 Å². The third-order valence-electron chi connectivity index (χ3n) is 2.70. The molecule has 0 aliphatic rings. The predicted molar refractivity (Wildman–Crippen MR) is 74.3 cm³/mol. The standard InChI is InChI=1S/C14H17N3O/c15-13-5-4-11(12-3-1-6-16-10-12)9-14(13)17-7-2-8-18/h1,3-6,9-10,17-18H,2,7-8,15H2. The summed E-state index contributed by atoms with van der Waals surface area (Å²) in [6, 6.07) is 9.78. The molecule has 0 saturated heterocycles. The molecule has 0 fully saturated rings. The molecule has 94 valence electrons. The Labute approximate surface area is 106 Å². The highest BCUT2D eigenvalue weighted by Gasteiger charge is 2.02. The summed E-state index contributed by atoms with van der Waals surface area (Å²) >= 11 is 0. The molecule has 4 nitrogen and oxygen atoms in total. The highest BCUT2D eigenvalue weighted by molar-refractivity contribution is 5.75. The predicted octanol–water partition coefficient (Wildman–Crippen LogP) is 2.13. The fourth-order valence-electron chi connectivity index (χ4n) is 1.72. The van der Waals surface area contributed by atoms with Crippen LogP contribution in [0, 0.1) is 0 Å². The van der Waals surface area contributed by atoms with E-state index in [0.717, 1.165) is 16.8 Å². The number of nitrogens with one attached hydrogen (secondary N) is 1. The second kappa shape index (κ2) is 6.02. The normalized spacial score (nSPS) is 10.3. The number of hydrogen-bond donors (Lipinski definition) is 3. The van der Waals surface area contributed by atoms with Gasteiger partial charge in [-0.2, -0.15) is 0 Å². The van der Waals surface area contributed by atoms with Gasteiger partial charge in [0.05, 0.1) is 11.4 Å². The van der Waals surface area contributed by atoms with E-state index in [2.05, 4.69) is 10.3 Å². The molecule has 18 heavy (non-hydrogen) atoms. The van der Waals surface area contributed by atoms with Crippen molar-refractivity contribution in [3.8, 4) is 11.1 Å². The van der Waals surface area contributed by atoms with Gasteiger partial charge in [0.1, 0.15) is 0 Å². The lowest BCUT2D eigenvalue weighted by atomic mass is 10.1. The van der Waals surface area contributed by atoms with E-state index in [1.54, 1.807) is 6.20 Å². The van der Waals surface area contributed by atoms with Crippen LogP contribution in [0.15, 0.2) is 42.7 Å². The highest BCUT2D eigenvalue weighted by atomic mass is 16.3. The van der Waals surface area contributed by atoms with Crippen LogP contribution in [0.1, 0.15) is 6.42 Å². The van der Waals surface area contributed by atoms with Gasteiger partial charge in [0.25, 0.3) is 0 Å². The summed E-state index contributed by atoms with van der Waals surface area (Å²) in [5.74, 6) is 0. The molecule has 0 aliphatic carbocycles. The lowest BCUT2D eigenvalue weighted by molar-refractivity contribution is 0.292. The average molecular weight is 243 g/mol. The molecule has 2 aromatic rings. The Morgan fingerprint density at radius 2 is 2.11 bits per heavy atom. The van der Waals surface area contributed by atoms with Gasteiger partial charge in [-0.1, -0.05) is 12.1 Å². The summed E-state index contributed by atoms with van der Waals surface area (Å²) < 4.78 is 0. The SMILES string of the molecule is Nc1ccc(-c2cccnc2)cc1NCCCO. The Balaban J connectivity index is 2.21. The van der Waals surface area contributed by atoms with Gasteiger partial charge < -0.3 is 16.2 Å². The van der Waals surface area contributed by atoms with E-state index in [0.29, 0.717) is 18.7 Å². The summed E-state index contributed by atoms with van der Waals surface area (Å²) in [4.78, 5) is 4.10. The van der Waals surface area contributed by atoms with Crippen molar-refractivity contribution in [3.05, 3.63) is 42.7 Å². The zero-order chi connectivity index (χ0) is 12.8. The minimum Gasteiger partial charge on any atom is -0.397 e. The first kappa shape index (κ1) is 12.4. The molecule has 2 rings (SSSR count). The minimum absolute atomic E-state index is 0.176. The summed E-state index contributed by atoms with van der Waals surface area (Å²) in [6.07, 6.45) is 4.28. The number of aliphatic hydroxyl groups excluding tert-OH is 1. The Morgan fingerprint density at radius 1 is 1.22 bits per heavy atom. The van der Waals surface area contributed by atoms with Crippen molar-refractivity contribution >= 4 is 11.4 Å². The number of nitrogen functional groups attached to an aromatic ring is 1. The van der Waals surface area contributed by atoms with E-state index < -0.39 is 0 Å². The van der Waals surface area contributed by atoms with Crippen LogP contribution in [0.2, 0.25) is 0 Å². The molecule has 4 heteroatoms. The monoisotopic (exact) mass is 243 g/mol.